The fourth-order valence-corrected chi connectivity index (χ4v) is 4.15. The highest BCUT2D eigenvalue weighted by atomic mass is 16.5. The van der Waals surface area contributed by atoms with Crippen molar-refractivity contribution in [3.05, 3.63) is 59.7 Å². The fraction of sp³-hybridized carbons (Fsp3) is 0.375. The molecule has 2 unspecified atom stereocenters. The lowest BCUT2D eigenvalue weighted by atomic mass is 9.98. The van der Waals surface area contributed by atoms with Crippen LogP contribution >= 0.6 is 0 Å². The number of benzene rings is 2. The van der Waals surface area contributed by atoms with Crippen molar-refractivity contribution in [3.63, 3.8) is 0 Å². The van der Waals surface area contributed by atoms with E-state index in [9.17, 15) is 19.5 Å². The Balaban J connectivity index is 1.43. The molecule has 0 aromatic heterocycles. The topological polar surface area (TPSA) is 95.9 Å². The van der Waals surface area contributed by atoms with Crippen molar-refractivity contribution < 1.29 is 24.2 Å². The van der Waals surface area contributed by atoms with Crippen LogP contribution in [0.25, 0.3) is 11.1 Å². The number of amides is 2. The van der Waals surface area contributed by atoms with E-state index in [1.165, 1.54) is 14.0 Å². The SMILES string of the molecule is CC(C(=O)O)N(C)C(=O)C(NC(=O)OCC1c2ccccc2-c2ccccc21)C1CC1. The zero-order chi connectivity index (χ0) is 22.1. The molecule has 2 aliphatic rings. The van der Waals surface area contributed by atoms with E-state index in [0.29, 0.717) is 0 Å². The third-order valence-corrected chi connectivity index (χ3v) is 6.26. The van der Waals surface area contributed by atoms with Gasteiger partial charge in [-0.2, -0.15) is 0 Å². The van der Waals surface area contributed by atoms with Gasteiger partial charge in [-0.3, -0.25) is 4.79 Å². The molecule has 2 aromatic rings. The minimum atomic E-state index is -1.09. The van der Waals surface area contributed by atoms with Crippen LogP contribution in [0.2, 0.25) is 0 Å². The highest BCUT2D eigenvalue weighted by Crippen LogP contribution is 2.44. The molecular weight excluding hydrogens is 396 g/mol. The van der Waals surface area contributed by atoms with Gasteiger partial charge < -0.3 is 20.1 Å². The normalized spacial score (nSPS) is 16.6. The molecule has 0 heterocycles. The summed E-state index contributed by atoms with van der Waals surface area (Å²) in [5.41, 5.74) is 4.51. The number of nitrogens with one attached hydrogen (secondary N) is 1. The molecule has 4 rings (SSSR count). The van der Waals surface area contributed by atoms with Gasteiger partial charge in [0.25, 0.3) is 0 Å². The average molecular weight is 422 g/mol. The maximum Gasteiger partial charge on any atom is 0.407 e. The number of aliphatic carboxylic acids is 1. The summed E-state index contributed by atoms with van der Waals surface area (Å²) in [6, 6.07) is 14.4. The molecule has 0 radical (unpaired) electrons. The first-order chi connectivity index (χ1) is 14.9. The molecule has 2 amide bonds. The quantitative estimate of drug-likeness (QED) is 0.714. The number of likely N-dealkylation sites (N-methyl/N-ethyl adjacent to an activating group) is 1. The van der Waals surface area contributed by atoms with E-state index in [4.69, 9.17) is 4.74 Å². The Hall–Kier alpha value is -3.35. The standard InChI is InChI=1S/C24H26N2O5/c1-14(23(28)29)26(2)22(27)21(15-11-12-15)25-24(30)31-13-20-18-9-5-3-7-16(18)17-8-4-6-10-19(17)20/h3-10,14-15,20-21H,11-13H2,1-2H3,(H,25,30)(H,28,29). The van der Waals surface area contributed by atoms with E-state index < -0.39 is 30.1 Å². The lowest BCUT2D eigenvalue weighted by molar-refractivity contribution is -0.149. The fourth-order valence-electron chi connectivity index (χ4n) is 4.15. The van der Waals surface area contributed by atoms with Crippen molar-refractivity contribution >= 4 is 18.0 Å². The minimum Gasteiger partial charge on any atom is -0.480 e. The molecule has 2 aromatic carbocycles. The number of rotatable bonds is 7. The Morgan fingerprint density at radius 2 is 1.61 bits per heavy atom. The molecule has 31 heavy (non-hydrogen) atoms. The second-order valence-corrected chi connectivity index (χ2v) is 8.25. The van der Waals surface area contributed by atoms with E-state index in [0.717, 1.165) is 40.0 Å². The summed E-state index contributed by atoms with van der Waals surface area (Å²) in [5, 5.41) is 11.9. The highest BCUT2D eigenvalue weighted by Gasteiger charge is 2.41. The smallest absolute Gasteiger partial charge is 0.407 e. The van der Waals surface area contributed by atoms with Gasteiger partial charge in [0, 0.05) is 13.0 Å². The van der Waals surface area contributed by atoms with Crippen molar-refractivity contribution in [2.45, 2.75) is 37.8 Å². The lowest BCUT2D eigenvalue weighted by Gasteiger charge is -2.27. The summed E-state index contributed by atoms with van der Waals surface area (Å²) in [6.07, 6.45) is 0.966. The van der Waals surface area contributed by atoms with Crippen molar-refractivity contribution in [3.8, 4) is 11.1 Å². The van der Waals surface area contributed by atoms with Crippen LogP contribution in [0.1, 0.15) is 36.8 Å². The molecule has 162 valence electrons. The van der Waals surface area contributed by atoms with Crippen LogP contribution in [0, 0.1) is 5.92 Å². The van der Waals surface area contributed by atoms with Crippen LogP contribution in [0.4, 0.5) is 4.79 Å². The van der Waals surface area contributed by atoms with Crippen molar-refractivity contribution in [1.29, 1.82) is 0 Å². The summed E-state index contributed by atoms with van der Waals surface area (Å²) in [7, 11) is 1.44. The molecule has 7 heteroatoms. The summed E-state index contributed by atoms with van der Waals surface area (Å²) in [5.74, 6) is -1.56. The van der Waals surface area contributed by atoms with Crippen LogP contribution in [-0.2, 0) is 14.3 Å². The molecule has 7 nitrogen and oxygen atoms in total. The van der Waals surface area contributed by atoms with Crippen molar-refractivity contribution in [2.24, 2.45) is 5.92 Å². The predicted octanol–water partition coefficient (Wildman–Crippen LogP) is 3.24. The van der Waals surface area contributed by atoms with Gasteiger partial charge in [-0.05, 0) is 47.9 Å². The average Bonchev–Trinajstić information content (AvgIpc) is 3.57. The van der Waals surface area contributed by atoms with Gasteiger partial charge in [0.2, 0.25) is 5.91 Å². The minimum absolute atomic E-state index is 0.0106. The second-order valence-electron chi connectivity index (χ2n) is 8.25. The molecule has 2 N–H and O–H groups in total. The Morgan fingerprint density at radius 3 is 2.13 bits per heavy atom. The highest BCUT2D eigenvalue weighted by molar-refractivity contribution is 5.89. The molecule has 2 atom stereocenters. The maximum atomic E-state index is 12.8. The van der Waals surface area contributed by atoms with E-state index in [2.05, 4.69) is 17.4 Å². The van der Waals surface area contributed by atoms with Gasteiger partial charge in [-0.1, -0.05) is 48.5 Å². The number of hydrogen-bond donors (Lipinski definition) is 2. The molecule has 0 bridgehead atoms. The Morgan fingerprint density at radius 1 is 1.06 bits per heavy atom. The van der Waals surface area contributed by atoms with Crippen LogP contribution in [0.5, 0.6) is 0 Å². The first kappa shape index (κ1) is 20.9. The van der Waals surface area contributed by atoms with Gasteiger partial charge in [0.1, 0.15) is 18.7 Å². The van der Waals surface area contributed by atoms with E-state index in [1.807, 2.05) is 36.4 Å². The van der Waals surface area contributed by atoms with Crippen LogP contribution in [0.3, 0.4) is 0 Å². The van der Waals surface area contributed by atoms with E-state index >= 15 is 0 Å². The molecule has 0 saturated heterocycles. The number of fused-ring (bicyclic) bond motifs is 3. The largest absolute Gasteiger partial charge is 0.480 e. The summed E-state index contributed by atoms with van der Waals surface area (Å²) >= 11 is 0. The number of ether oxygens (including phenoxy) is 1. The number of carboxylic acids is 1. The molecule has 0 spiro atoms. The van der Waals surface area contributed by atoms with E-state index in [-0.39, 0.29) is 18.4 Å². The molecule has 1 fully saturated rings. The number of carbonyl (C=O) groups excluding carboxylic acids is 2. The summed E-state index contributed by atoms with van der Waals surface area (Å²) in [4.78, 5) is 37.7. The third-order valence-electron chi connectivity index (χ3n) is 6.26. The second kappa shape index (κ2) is 8.41. The number of carboxylic acid groups (broad SMARTS) is 1. The first-order valence-corrected chi connectivity index (χ1v) is 10.5. The van der Waals surface area contributed by atoms with Gasteiger partial charge in [0.15, 0.2) is 0 Å². The first-order valence-electron chi connectivity index (χ1n) is 10.5. The van der Waals surface area contributed by atoms with Crippen LogP contribution in [0.15, 0.2) is 48.5 Å². The Kier molecular flexibility index (Phi) is 5.67. The zero-order valence-corrected chi connectivity index (χ0v) is 17.6. The monoisotopic (exact) mass is 422 g/mol. The predicted molar refractivity (Wildman–Crippen MR) is 115 cm³/mol. The van der Waals surface area contributed by atoms with E-state index in [1.54, 1.807) is 0 Å². The van der Waals surface area contributed by atoms with Gasteiger partial charge in [-0.25, -0.2) is 9.59 Å². The Labute approximate surface area is 181 Å². The number of carbonyl (C=O) groups is 3. The number of hydrogen-bond acceptors (Lipinski definition) is 4. The Bertz CT molecular complexity index is 971. The molecular formula is C24H26N2O5. The lowest BCUT2D eigenvalue weighted by Crippen LogP contribution is -2.52. The van der Waals surface area contributed by atoms with Crippen molar-refractivity contribution in [2.75, 3.05) is 13.7 Å². The van der Waals surface area contributed by atoms with Crippen LogP contribution < -0.4 is 5.32 Å². The molecule has 1 saturated carbocycles. The van der Waals surface area contributed by atoms with Crippen molar-refractivity contribution in [1.82, 2.24) is 10.2 Å². The summed E-state index contributed by atoms with van der Waals surface area (Å²) < 4.78 is 5.55. The van der Waals surface area contributed by atoms with Gasteiger partial charge >= 0.3 is 12.1 Å². The zero-order valence-electron chi connectivity index (χ0n) is 17.6. The molecule has 0 aliphatic heterocycles. The summed E-state index contributed by atoms with van der Waals surface area (Å²) in [6.45, 7) is 1.60. The third kappa shape index (κ3) is 4.13. The number of alkyl carbamates (subject to hydrolysis) is 1. The van der Waals surface area contributed by atoms with Gasteiger partial charge in [0.05, 0.1) is 0 Å². The van der Waals surface area contributed by atoms with Crippen LogP contribution in [-0.4, -0.2) is 53.7 Å². The number of nitrogens with zero attached hydrogens (tertiary/aromatic N) is 1. The maximum absolute atomic E-state index is 12.8. The molecule has 2 aliphatic carbocycles. The van der Waals surface area contributed by atoms with Gasteiger partial charge in [-0.15, -0.1) is 0 Å².